The van der Waals surface area contributed by atoms with Crippen molar-refractivity contribution in [1.29, 1.82) is 0 Å². The molecule has 0 unspecified atom stereocenters. The number of aryl methyl sites for hydroxylation is 1. The zero-order valence-electron chi connectivity index (χ0n) is 11.8. The average molecular weight is 295 g/mol. The molecule has 3 aromatic rings. The molecule has 6 nitrogen and oxygen atoms in total. The number of anilines is 1. The topological polar surface area (TPSA) is 77.1 Å². The highest BCUT2D eigenvalue weighted by atomic mass is 16.5. The SMILES string of the molecule is Cc1cc(NC(=O)c2ccc(=O)n(-c3ccccc3)c2)no1. The van der Waals surface area contributed by atoms with E-state index < -0.39 is 0 Å². The Morgan fingerprint density at radius 3 is 2.64 bits per heavy atom. The first kappa shape index (κ1) is 13.8. The van der Waals surface area contributed by atoms with Gasteiger partial charge in [0.15, 0.2) is 5.82 Å². The van der Waals surface area contributed by atoms with Crippen LogP contribution in [0.25, 0.3) is 5.69 Å². The maximum Gasteiger partial charge on any atom is 0.258 e. The van der Waals surface area contributed by atoms with E-state index in [1.54, 1.807) is 25.1 Å². The molecule has 2 heterocycles. The molecular weight excluding hydrogens is 282 g/mol. The highest BCUT2D eigenvalue weighted by molar-refractivity contribution is 6.03. The number of nitrogens with zero attached hydrogens (tertiary/aromatic N) is 2. The van der Waals surface area contributed by atoms with Gasteiger partial charge < -0.3 is 9.84 Å². The third kappa shape index (κ3) is 2.80. The number of para-hydroxylation sites is 1. The number of amides is 1. The van der Waals surface area contributed by atoms with Crippen molar-refractivity contribution in [3.05, 3.63) is 76.4 Å². The maximum atomic E-state index is 12.2. The number of aromatic nitrogens is 2. The first-order valence-corrected chi connectivity index (χ1v) is 6.66. The Morgan fingerprint density at radius 1 is 1.18 bits per heavy atom. The van der Waals surface area contributed by atoms with Gasteiger partial charge in [-0.25, -0.2) is 0 Å². The van der Waals surface area contributed by atoms with E-state index in [1.165, 1.54) is 22.9 Å². The van der Waals surface area contributed by atoms with Crippen molar-refractivity contribution in [2.45, 2.75) is 6.92 Å². The summed E-state index contributed by atoms with van der Waals surface area (Å²) in [6.07, 6.45) is 1.50. The van der Waals surface area contributed by atoms with E-state index in [4.69, 9.17) is 4.52 Å². The quantitative estimate of drug-likeness (QED) is 0.804. The highest BCUT2D eigenvalue weighted by Gasteiger charge is 2.11. The molecule has 3 rings (SSSR count). The molecule has 0 saturated carbocycles. The molecule has 1 aromatic carbocycles. The van der Waals surface area contributed by atoms with Crippen molar-refractivity contribution < 1.29 is 9.32 Å². The van der Waals surface area contributed by atoms with Crippen LogP contribution in [0.1, 0.15) is 16.1 Å². The van der Waals surface area contributed by atoms with Gasteiger partial charge >= 0.3 is 0 Å². The average Bonchev–Trinajstić information content (AvgIpc) is 2.93. The number of pyridine rings is 1. The third-order valence-electron chi connectivity index (χ3n) is 3.08. The molecule has 2 aromatic heterocycles. The minimum absolute atomic E-state index is 0.208. The van der Waals surface area contributed by atoms with Crippen LogP contribution in [-0.4, -0.2) is 15.6 Å². The van der Waals surface area contributed by atoms with Gasteiger partial charge in [0.05, 0.1) is 5.56 Å². The molecule has 6 heteroatoms. The minimum Gasteiger partial charge on any atom is -0.360 e. The Balaban J connectivity index is 1.92. The lowest BCUT2D eigenvalue weighted by Gasteiger charge is -2.07. The van der Waals surface area contributed by atoms with E-state index in [-0.39, 0.29) is 11.5 Å². The van der Waals surface area contributed by atoms with Crippen molar-refractivity contribution in [1.82, 2.24) is 9.72 Å². The lowest BCUT2D eigenvalue weighted by atomic mass is 10.2. The lowest BCUT2D eigenvalue weighted by molar-refractivity contribution is 0.102. The van der Waals surface area contributed by atoms with Crippen LogP contribution in [0.2, 0.25) is 0 Å². The maximum absolute atomic E-state index is 12.2. The van der Waals surface area contributed by atoms with Crippen molar-refractivity contribution in [2.24, 2.45) is 0 Å². The van der Waals surface area contributed by atoms with E-state index in [0.29, 0.717) is 22.8 Å². The Bertz CT molecular complexity index is 866. The summed E-state index contributed by atoms with van der Waals surface area (Å²) in [4.78, 5) is 24.2. The fourth-order valence-electron chi connectivity index (χ4n) is 2.03. The largest absolute Gasteiger partial charge is 0.360 e. The Morgan fingerprint density at radius 2 is 1.95 bits per heavy atom. The van der Waals surface area contributed by atoms with Gasteiger partial charge in [0, 0.05) is 24.0 Å². The van der Waals surface area contributed by atoms with Gasteiger partial charge in [-0.15, -0.1) is 0 Å². The van der Waals surface area contributed by atoms with Gasteiger partial charge in [0.25, 0.3) is 11.5 Å². The number of rotatable bonds is 3. The molecule has 110 valence electrons. The summed E-state index contributed by atoms with van der Waals surface area (Å²) in [5.74, 6) is 0.572. The second-order valence-electron chi connectivity index (χ2n) is 4.74. The van der Waals surface area contributed by atoms with Gasteiger partial charge in [-0.1, -0.05) is 23.4 Å². The van der Waals surface area contributed by atoms with Crippen LogP contribution in [0.4, 0.5) is 5.82 Å². The predicted molar refractivity (Wildman–Crippen MR) is 81.2 cm³/mol. The van der Waals surface area contributed by atoms with Crippen LogP contribution in [-0.2, 0) is 0 Å². The van der Waals surface area contributed by atoms with Crippen LogP contribution < -0.4 is 10.9 Å². The first-order chi connectivity index (χ1) is 10.6. The molecule has 0 fully saturated rings. The summed E-state index contributed by atoms with van der Waals surface area (Å²) in [6.45, 7) is 1.73. The van der Waals surface area contributed by atoms with E-state index in [9.17, 15) is 9.59 Å². The number of benzene rings is 1. The third-order valence-corrected chi connectivity index (χ3v) is 3.08. The summed E-state index contributed by atoms with van der Waals surface area (Å²) < 4.78 is 6.31. The zero-order chi connectivity index (χ0) is 15.5. The van der Waals surface area contributed by atoms with E-state index in [0.717, 1.165) is 0 Å². The molecule has 22 heavy (non-hydrogen) atoms. The molecular formula is C16H13N3O3. The second kappa shape index (κ2) is 5.69. The Kier molecular flexibility index (Phi) is 3.57. The standard InChI is InChI=1S/C16H13N3O3/c1-11-9-14(18-22-11)17-16(21)12-7-8-15(20)19(10-12)13-5-3-2-4-6-13/h2-10H,1H3,(H,17,18,21). The van der Waals surface area contributed by atoms with E-state index >= 15 is 0 Å². The lowest BCUT2D eigenvalue weighted by Crippen LogP contribution is -2.20. The van der Waals surface area contributed by atoms with Crippen LogP contribution in [0.15, 0.2) is 64.0 Å². The van der Waals surface area contributed by atoms with Gasteiger partial charge in [-0.3, -0.25) is 14.2 Å². The zero-order valence-corrected chi connectivity index (χ0v) is 11.8. The van der Waals surface area contributed by atoms with Gasteiger partial charge in [0.1, 0.15) is 5.76 Å². The molecule has 0 bridgehead atoms. The smallest absolute Gasteiger partial charge is 0.258 e. The monoisotopic (exact) mass is 295 g/mol. The number of hydrogen-bond acceptors (Lipinski definition) is 4. The van der Waals surface area contributed by atoms with Gasteiger partial charge in [-0.05, 0) is 25.1 Å². The second-order valence-corrected chi connectivity index (χ2v) is 4.74. The molecule has 0 radical (unpaired) electrons. The predicted octanol–water partition coefficient (Wildman–Crippen LogP) is 2.39. The summed E-state index contributed by atoms with van der Waals surface area (Å²) in [6, 6.07) is 13.6. The van der Waals surface area contributed by atoms with Crippen molar-refractivity contribution >= 4 is 11.7 Å². The normalized spacial score (nSPS) is 10.4. The van der Waals surface area contributed by atoms with Crippen LogP contribution in [0.5, 0.6) is 0 Å². The van der Waals surface area contributed by atoms with Crippen LogP contribution >= 0.6 is 0 Å². The van der Waals surface area contributed by atoms with Gasteiger partial charge in [0.2, 0.25) is 0 Å². The first-order valence-electron chi connectivity index (χ1n) is 6.66. The van der Waals surface area contributed by atoms with E-state index in [1.807, 2.05) is 18.2 Å². The molecule has 0 aliphatic carbocycles. The summed E-state index contributed by atoms with van der Waals surface area (Å²) in [5, 5.41) is 6.32. The number of carbonyl (C=O) groups is 1. The number of nitrogens with one attached hydrogen (secondary N) is 1. The Hall–Kier alpha value is -3.15. The molecule has 1 amide bonds. The number of hydrogen-bond donors (Lipinski definition) is 1. The van der Waals surface area contributed by atoms with Crippen molar-refractivity contribution in [2.75, 3.05) is 5.32 Å². The minimum atomic E-state index is -0.363. The molecule has 0 aliphatic rings. The van der Waals surface area contributed by atoms with Crippen LogP contribution in [0.3, 0.4) is 0 Å². The van der Waals surface area contributed by atoms with Gasteiger partial charge in [-0.2, -0.15) is 0 Å². The molecule has 0 spiro atoms. The molecule has 0 atom stereocenters. The summed E-state index contributed by atoms with van der Waals surface area (Å²) >= 11 is 0. The summed E-state index contributed by atoms with van der Waals surface area (Å²) in [5.41, 5.74) is 0.837. The number of carbonyl (C=O) groups excluding carboxylic acids is 1. The van der Waals surface area contributed by atoms with Crippen molar-refractivity contribution in [3.63, 3.8) is 0 Å². The van der Waals surface area contributed by atoms with Crippen molar-refractivity contribution in [3.8, 4) is 5.69 Å². The Labute approximate surface area is 126 Å². The van der Waals surface area contributed by atoms with E-state index in [2.05, 4.69) is 10.5 Å². The molecule has 0 saturated heterocycles. The highest BCUT2D eigenvalue weighted by Crippen LogP contribution is 2.10. The fraction of sp³-hybridized carbons (Fsp3) is 0.0625. The molecule has 1 N–H and O–H groups in total. The summed E-state index contributed by atoms with van der Waals surface area (Å²) in [7, 11) is 0. The van der Waals surface area contributed by atoms with Crippen LogP contribution in [0, 0.1) is 6.92 Å². The molecule has 0 aliphatic heterocycles. The fourth-order valence-corrected chi connectivity index (χ4v) is 2.03.